The lowest BCUT2D eigenvalue weighted by atomic mass is 10.1. The number of rotatable bonds is 4. The number of aryl methyl sites for hydroxylation is 1. The van der Waals surface area contributed by atoms with Crippen LogP contribution in [0.2, 0.25) is 0 Å². The van der Waals surface area contributed by atoms with Gasteiger partial charge in [-0.25, -0.2) is 4.39 Å². The second kappa shape index (κ2) is 5.52. The first-order valence-corrected chi connectivity index (χ1v) is 5.71. The molecule has 0 aliphatic rings. The van der Waals surface area contributed by atoms with Crippen LogP contribution in [0.15, 0.2) is 36.4 Å². The van der Waals surface area contributed by atoms with Gasteiger partial charge in [-0.2, -0.15) is 0 Å². The van der Waals surface area contributed by atoms with Crippen LogP contribution in [0.3, 0.4) is 0 Å². The standard InChI is InChI=1S/C15H13FO3/c1-10-3-5-14(11(7-10)9-17)19-12-4-6-15(18-2)13(16)8-12/h3-9H,1-2H3. The highest BCUT2D eigenvalue weighted by Gasteiger charge is 2.08. The first-order valence-electron chi connectivity index (χ1n) is 5.71. The minimum Gasteiger partial charge on any atom is -0.494 e. The number of ether oxygens (including phenoxy) is 2. The largest absolute Gasteiger partial charge is 0.494 e. The lowest BCUT2D eigenvalue weighted by Crippen LogP contribution is -1.93. The van der Waals surface area contributed by atoms with Crippen molar-refractivity contribution in [3.8, 4) is 17.2 Å². The predicted molar refractivity (Wildman–Crippen MR) is 69.6 cm³/mol. The Labute approximate surface area is 110 Å². The van der Waals surface area contributed by atoms with Crippen LogP contribution < -0.4 is 9.47 Å². The second-order valence-electron chi connectivity index (χ2n) is 4.06. The van der Waals surface area contributed by atoms with Gasteiger partial charge in [0.05, 0.1) is 12.7 Å². The zero-order valence-electron chi connectivity index (χ0n) is 10.6. The molecule has 0 radical (unpaired) electrons. The van der Waals surface area contributed by atoms with Gasteiger partial charge in [-0.05, 0) is 31.2 Å². The van der Waals surface area contributed by atoms with Gasteiger partial charge in [0.1, 0.15) is 11.5 Å². The average molecular weight is 260 g/mol. The lowest BCUT2D eigenvalue weighted by molar-refractivity contribution is 0.112. The maximum absolute atomic E-state index is 13.5. The molecule has 0 heterocycles. The van der Waals surface area contributed by atoms with Gasteiger partial charge >= 0.3 is 0 Å². The van der Waals surface area contributed by atoms with Gasteiger partial charge in [0, 0.05) is 6.07 Å². The Morgan fingerprint density at radius 2 is 1.84 bits per heavy atom. The van der Waals surface area contributed by atoms with Crippen LogP contribution in [-0.4, -0.2) is 13.4 Å². The minimum absolute atomic E-state index is 0.145. The molecule has 98 valence electrons. The van der Waals surface area contributed by atoms with E-state index in [2.05, 4.69) is 0 Å². The Hall–Kier alpha value is -2.36. The van der Waals surface area contributed by atoms with Crippen molar-refractivity contribution < 1.29 is 18.7 Å². The third-order valence-corrected chi connectivity index (χ3v) is 2.64. The molecule has 0 aromatic heterocycles. The summed E-state index contributed by atoms with van der Waals surface area (Å²) in [5.41, 5.74) is 1.38. The van der Waals surface area contributed by atoms with Crippen LogP contribution in [0, 0.1) is 12.7 Å². The van der Waals surface area contributed by atoms with Gasteiger partial charge in [-0.15, -0.1) is 0 Å². The minimum atomic E-state index is -0.514. The molecule has 2 rings (SSSR count). The van der Waals surface area contributed by atoms with E-state index in [0.29, 0.717) is 23.3 Å². The Balaban J connectivity index is 2.31. The normalized spacial score (nSPS) is 10.1. The second-order valence-corrected chi connectivity index (χ2v) is 4.06. The molecule has 0 amide bonds. The number of hydrogen-bond acceptors (Lipinski definition) is 3. The molecule has 2 aromatic rings. The SMILES string of the molecule is COc1ccc(Oc2ccc(C)cc2C=O)cc1F. The Kier molecular flexibility index (Phi) is 3.80. The highest BCUT2D eigenvalue weighted by molar-refractivity contribution is 5.79. The van der Waals surface area contributed by atoms with E-state index in [4.69, 9.17) is 9.47 Å². The summed E-state index contributed by atoms with van der Waals surface area (Å²) in [7, 11) is 1.39. The van der Waals surface area contributed by atoms with Gasteiger partial charge in [0.15, 0.2) is 17.9 Å². The number of halogens is 1. The van der Waals surface area contributed by atoms with Crippen molar-refractivity contribution in [1.82, 2.24) is 0 Å². The van der Waals surface area contributed by atoms with Gasteiger partial charge < -0.3 is 9.47 Å². The molecule has 0 saturated carbocycles. The zero-order valence-corrected chi connectivity index (χ0v) is 10.6. The van der Waals surface area contributed by atoms with Crippen molar-refractivity contribution in [2.24, 2.45) is 0 Å². The van der Waals surface area contributed by atoms with Gasteiger partial charge in [0.25, 0.3) is 0 Å². The van der Waals surface area contributed by atoms with Crippen LogP contribution in [0.25, 0.3) is 0 Å². The van der Waals surface area contributed by atoms with E-state index < -0.39 is 5.82 Å². The number of benzene rings is 2. The molecule has 0 unspecified atom stereocenters. The number of carbonyl (C=O) groups is 1. The monoisotopic (exact) mass is 260 g/mol. The zero-order chi connectivity index (χ0) is 13.8. The topological polar surface area (TPSA) is 35.5 Å². The van der Waals surface area contributed by atoms with E-state index in [1.165, 1.54) is 19.2 Å². The molecule has 19 heavy (non-hydrogen) atoms. The highest BCUT2D eigenvalue weighted by Crippen LogP contribution is 2.28. The number of hydrogen-bond donors (Lipinski definition) is 0. The summed E-state index contributed by atoms with van der Waals surface area (Å²) < 4.78 is 23.9. The molecule has 0 N–H and O–H groups in total. The summed E-state index contributed by atoms with van der Waals surface area (Å²) in [4.78, 5) is 11.0. The van der Waals surface area contributed by atoms with E-state index in [1.54, 1.807) is 18.2 Å². The average Bonchev–Trinajstić information content (AvgIpc) is 2.41. The predicted octanol–water partition coefficient (Wildman–Crippen LogP) is 3.75. The molecular formula is C15H13FO3. The fourth-order valence-electron chi connectivity index (χ4n) is 1.69. The molecule has 0 spiro atoms. The Bertz CT molecular complexity index is 608. The molecule has 0 atom stereocenters. The van der Waals surface area contributed by atoms with Gasteiger partial charge in [-0.3, -0.25) is 4.79 Å². The maximum atomic E-state index is 13.5. The molecule has 0 bridgehead atoms. The summed E-state index contributed by atoms with van der Waals surface area (Å²) in [5, 5.41) is 0. The van der Waals surface area contributed by atoms with E-state index in [-0.39, 0.29) is 5.75 Å². The summed E-state index contributed by atoms with van der Waals surface area (Å²) in [5.74, 6) is 0.335. The van der Waals surface area contributed by atoms with Gasteiger partial charge in [0.2, 0.25) is 0 Å². The third kappa shape index (κ3) is 2.91. The first kappa shape index (κ1) is 13.1. The third-order valence-electron chi connectivity index (χ3n) is 2.64. The van der Waals surface area contributed by atoms with Crippen molar-refractivity contribution in [2.75, 3.05) is 7.11 Å². The quantitative estimate of drug-likeness (QED) is 0.785. The summed E-state index contributed by atoms with van der Waals surface area (Å²) in [6, 6.07) is 9.48. The van der Waals surface area contributed by atoms with Crippen molar-refractivity contribution in [3.63, 3.8) is 0 Å². The van der Waals surface area contributed by atoms with Crippen molar-refractivity contribution in [3.05, 3.63) is 53.3 Å². The van der Waals surface area contributed by atoms with E-state index in [0.717, 1.165) is 5.56 Å². The first-order chi connectivity index (χ1) is 9.13. The van der Waals surface area contributed by atoms with Gasteiger partial charge in [-0.1, -0.05) is 11.6 Å². The molecule has 0 aliphatic carbocycles. The summed E-state index contributed by atoms with van der Waals surface area (Å²) in [6.07, 6.45) is 0.711. The Morgan fingerprint density at radius 3 is 2.47 bits per heavy atom. The van der Waals surface area contributed by atoms with Crippen LogP contribution in [-0.2, 0) is 0 Å². The molecule has 0 aliphatic heterocycles. The number of methoxy groups -OCH3 is 1. The number of carbonyl (C=O) groups excluding carboxylic acids is 1. The van der Waals surface area contributed by atoms with Crippen LogP contribution in [0.5, 0.6) is 17.2 Å². The van der Waals surface area contributed by atoms with E-state index in [1.807, 2.05) is 13.0 Å². The van der Waals surface area contributed by atoms with Crippen molar-refractivity contribution in [2.45, 2.75) is 6.92 Å². The molecule has 3 nitrogen and oxygen atoms in total. The summed E-state index contributed by atoms with van der Waals surface area (Å²) >= 11 is 0. The molecule has 0 saturated heterocycles. The van der Waals surface area contributed by atoms with Crippen molar-refractivity contribution >= 4 is 6.29 Å². The molecular weight excluding hydrogens is 247 g/mol. The van der Waals surface area contributed by atoms with Crippen LogP contribution in [0.4, 0.5) is 4.39 Å². The fourth-order valence-corrected chi connectivity index (χ4v) is 1.69. The van der Waals surface area contributed by atoms with Crippen LogP contribution in [0.1, 0.15) is 15.9 Å². The molecule has 2 aromatic carbocycles. The summed E-state index contributed by atoms with van der Waals surface area (Å²) in [6.45, 7) is 1.88. The van der Waals surface area contributed by atoms with Crippen LogP contribution >= 0.6 is 0 Å². The molecule has 4 heteroatoms. The maximum Gasteiger partial charge on any atom is 0.168 e. The number of aldehydes is 1. The molecule has 0 fully saturated rings. The van der Waals surface area contributed by atoms with E-state index in [9.17, 15) is 9.18 Å². The van der Waals surface area contributed by atoms with Crippen molar-refractivity contribution in [1.29, 1.82) is 0 Å². The smallest absolute Gasteiger partial charge is 0.168 e. The van der Waals surface area contributed by atoms with E-state index >= 15 is 0 Å². The Morgan fingerprint density at radius 1 is 1.11 bits per heavy atom. The highest BCUT2D eigenvalue weighted by atomic mass is 19.1. The fraction of sp³-hybridized carbons (Fsp3) is 0.133. The lowest BCUT2D eigenvalue weighted by Gasteiger charge is -2.09.